The highest BCUT2D eigenvalue weighted by atomic mass is 79.9. The summed E-state index contributed by atoms with van der Waals surface area (Å²) in [6, 6.07) is 1.87. The SMILES string of the molecule is CC1CC(NS(=O)(=O)c2cc(Br)cc(C(=O)O)c2F)C1. The van der Waals surface area contributed by atoms with Crippen LogP contribution in [0.5, 0.6) is 0 Å². The van der Waals surface area contributed by atoms with Gasteiger partial charge in [0.05, 0.1) is 5.56 Å². The monoisotopic (exact) mass is 365 g/mol. The van der Waals surface area contributed by atoms with Crippen molar-refractivity contribution in [2.45, 2.75) is 30.7 Å². The quantitative estimate of drug-likeness (QED) is 0.857. The summed E-state index contributed by atoms with van der Waals surface area (Å²) in [4.78, 5) is 10.3. The molecule has 20 heavy (non-hydrogen) atoms. The van der Waals surface area contributed by atoms with Crippen LogP contribution in [0.1, 0.15) is 30.1 Å². The third-order valence-corrected chi connectivity index (χ3v) is 5.20. The Morgan fingerprint density at radius 3 is 2.55 bits per heavy atom. The lowest BCUT2D eigenvalue weighted by molar-refractivity contribution is 0.0691. The number of carboxylic acids is 1. The molecule has 0 aromatic heterocycles. The molecule has 0 amide bonds. The first-order valence-electron chi connectivity index (χ1n) is 5.95. The van der Waals surface area contributed by atoms with E-state index in [2.05, 4.69) is 20.7 Å². The van der Waals surface area contributed by atoms with Crippen LogP contribution in [0.3, 0.4) is 0 Å². The Kier molecular flexibility index (Phi) is 4.17. The van der Waals surface area contributed by atoms with Gasteiger partial charge < -0.3 is 5.11 Å². The fraction of sp³-hybridized carbons (Fsp3) is 0.417. The largest absolute Gasteiger partial charge is 0.478 e. The topological polar surface area (TPSA) is 83.5 Å². The third kappa shape index (κ3) is 3.02. The number of halogens is 2. The van der Waals surface area contributed by atoms with Crippen LogP contribution >= 0.6 is 15.9 Å². The van der Waals surface area contributed by atoms with Gasteiger partial charge in [-0.15, -0.1) is 0 Å². The highest BCUT2D eigenvalue weighted by molar-refractivity contribution is 9.10. The number of sulfonamides is 1. The highest BCUT2D eigenvalue weighted by Crippen LogP contribution is 2.29. The predicted octanol–water partition coefficient (Wildman–Crippen LogP) is 2.36. The van der Waals surface area contributed by atoms with E-state index in [1.165, 1.54) is 0 Å². The molecule has 5 nitrogen and oxygen atoms in total. The van der Waals surface area contributed by atoms with E-state index in [1.54, 1.807) is 0 Å². The molecule has 0 aliphatic heterocycles. The van der Waals surface area contributed by atoms with Crippen molar-refractivity contribution in [1.29, 1.82) is 0 Å². The lowest BCUT2D eigenvalue weighted by Crippen LogP contribution is -2.43. The van der Waals surface area contributed by atoms with E-state index < -0.39 is 32.3 Å². The molecule has 1 aromatic carbocycles. The Labute approximate surface area is 124 Å². The number of nitrogens with one attached hydrogen (secondary N) is 1. The zero-order valence-electron chi connectivity index (χ0n) is 10.6. The Morgan fingerprint density at radius 1 is 1.45 bits per heavy atom. The first-order valence-corrected chi connectivity index (χ1v) is 8.23. The minimum absolute atomic E-state index is 0.193. The summed E-state index contributed by atoms with van der Waals surface area (Å²) in [5, 5.41) is 8.88. The van der Waals surface area contributed by atoms with Crippen LogP contribution in [0.25, 0.3) is 0 Å². The van der Waals surface area contributed by atoms with Gasteiger partial charge in [0.25, 0.3) is 0 Å². The molecule has 0 radical (unpaired) electrons. The van der Waals surface area contributed by atoms with Gasteiger partial charge in [0.2, 0.25) is 10.0 Å². The summed E-state index contributed by atoms with van der Waals surface area (Å²) < 4.78 is 40.9. The fourth-order valence-corrected chi connectivity index (χ4v) is 4.19. The second-order valence-electron chi connectivity index (χ2n) is 4.97. The van der Waals surface area contributed by atoms with Gasteiger partial charge in [0.15, 0.2) is 5.82 Å². The Bertz CT molecular complexity index is 656. The summed E-state index contributed by atoms with van der Waals surface area (Å²) in [5.74, 6) is -2.33. The minimum Gasteiger partial charge on any atom is -0.478 e. The maximum atomic E-state index is 14.0. The van der Waals surface area contributed by atoms with E-state index in [9.17, 15) is 17.6 Å². The minimum atomic E-state index is -4.07. The van der Waals surface area contributed by atoms with Gasteiger partial charge in [-0.2, -0.15) is 0 Å². The van der Waals surface area contributed by atoms with Crippen molar-refractivity contribution in [3.05, 3.63) is 28.0 Å². The average molecular weight is 366 g/mol. The first-order chi connectivity index (χ1) is 9.20. The van der Waals surface area contributed by atoms with Crippen LogP contribution in [0, 0.1) is 11.7 Å². The van der Waals surface area contributed by atoms with E-state index in [0.717, 1.165) is 12.1 Å². The van der Waals surface area contributed by atoms with Crippen molar-refractivity contribution in [2.24, 2.45) is 5.92 Å². The molecule has 1 aliphatic rings. The number of hydrogen-bond donors (Lipinski definition) is 2. The Balaban J connectivity index is 2.38. The molecular formula is C12H13BrFNO4S. The fourth-order valence-electron chi connectivity index (χ4n) is 2.20. The number of benzene rings is 1. The van der Waals surface area contributed by atoms with Crippen LogP contribution in [-0.4, -0.2) is 25.5 Å². The van der Waals surface area contributed by atoms with Gasteiger partial charge in [0, 0.05) is 10.5 Å². The smallest absolute Gasteiger partial charge is 0.338 e. The number of aromatic carboxylic acids is 1. The van der Waals surface area contributed by atoms with Crippen molar-refractivity contribution >= 4 is 31.9 Å². The molecular weight excluding hydrogens is 353 g/mol. The molecule has 2 rings (SSSR count). The number of rotatable bonds is 4. The van der Waals surface area contributed by atoms with E-state index >= 15 is 0 Å². The second-order valence-corrected chi connectivity index (χ2v) is 7.56. The van der Waals surface area contributed by atoms with E-state index in [-0.39, 0.29) is 10.5 Å². The average Bonchev–Trinajstić information content (AvgIpc) is 2.29. The molecule has 1 saturated carbocycles. The molecule has 110 valence electrons. The van der Waals surface area contributed by atoms with Crippen LogP contribution < -0.4 is 4.72 Å². The summed E-state index contributed by atoms with van der Waals surface area (Å²) >= 11 is 2.99. The normalized spacial score (nSPS) is 22.4. The number of hydrogen-bond acceptors (Lipinski definition) is 3. The first kappa shape index (κ1) is 15.4. The third-order valence-electron chi connectivity index (χ3n) is 3.22. The summed E-state index contributed by atoms with van der Waals surface area (Å²) in [7, 11) is -4.07. The lowest BCUT2D eigenvalue weighted by atomic mass is 9.83. The molecule has 0 bridgehead atoms. The van der Waals surface area contributed by atoms with Gasteiger partial charge in [-0.1, -0.05) is 22.9 Å². The van der Waals surface area contributed by atoms with Crippen molar-refractivity contribution in [2.75, 3.05) is 0 Å². The zero-order valence-corrected chi connectivity index (χ0v) is 13.0. The van der Waals surface area contributed by atoms with Gasteiger partial charge in [-0.05, 0) is 30.9 Å². The Hall–Kier alpha value is -0.990. The molecule has 1 aliphatic carbocycles. The van der Waals surface area contributed by atoms with Crippen molar-refractivity contribution in [3.8, 4) is 0 Å². The van der Waals surface area contributed by atoms with Crippen molar-refractivity contribution in [3.63, 3.8) is 0 Å². The second kappa shape index (κ2) is 5.42. The number of carbonyl (C=O) groups is 1. The van der Waals surface area contributed by atoms with Crippen molar-refractivity contribution < 1.29 is 22.7 Å². The molecule has 0 heterocycles. The van der Waals surface area contributed by atoms with Gasteiger partial charge >= 0.3 is 5.97 Å². The van der Waals surface area contributed by atoms with E-state index in [0.29, 0.717) is 18.8 Å². The van der Waals surface area contributed by atoms with Crippen molar-refractivity contribution in [1.82, 2.24) is 4.72 Å². The van der Waals surface area contributed by atoms with Gasteiger partial charge in [0.1, 0.15) is 4.90 Å². The molecule has 8 heteroatoms. The van der Waals surface area contributed by atoms with Crippen LogP contribution in [0.2, 0.25) is 0 Å². The standard InChI is InChI=1S/C12H13BrFNO4S/c1-6-2-8(3-6)15-20(18,19)10-5-7(13)4-9(11(10)14)12(16)17/h4-6,8,15H,2-3H2,1H3,(H,16,17). The maximum Gasteiger partial charge on any atom is 0.338 e. The molecule has 0 atom stereocenters. The van der Waals surface area contributed by atoms with Crippen LogP contribution in [-0.2, 0) is 10.0 Å². The highest BCUT2D eigenvalue weighted by Gasteiger charge is 2.32. The molecule has 1 aromatic rings. The summed E-state index contributed by atoms with van der Waals surface area (Å²) in [6.07, 6.45) is 1.39. The molecule has 0 spiro atoms. The number of carboxylic acid groups (broad SMARTS) is 1. The van der Waals surface area contributed by atoms with Gasteiger partial charge in [-0.25, -0.2) is 22.3 Å². The van der Waals surface area contributed by atoms with Gasteiger partial charge in [-0.3, -0.25) is 0 Å². The van der Waals surface area contributed by atoms with E-state index in [4.69, 9.17) is 5.11 Å². The summed E-state index contributed by atoms with van der Waals surface area (Å²) in [6.45, 7) is 1.99. The lowest BCUT2D eigenvalue weighted by Gasteiger charge is -2.32. The Morgan fingerprint density at radius 2 is 2.05 bits per heavy atom. The predicted molar refractivity (Wildman–Crippen MR) is 73.6 cm³/mol. The van der Waals surface area contributed by atoms with Crippen LogP contribution in [0.4, 0.5) is 4.39 Å². The molecule has 1 fully saturated rings. The van der Waals surface area contributed by atoms with Crippen LogP contribution in [0.15, 0.2) is 21.5 Å². The molecule has 0 unspecified atom stereocenters. The van der Waals surface area contributed by atoms with E-state index in [1.807, 2.05) is 6.92 Å². The molecule has 2 N–H and O–H groups in total. The molecule has 0 saturated heterocycles. The zero-order chi connectivity index (χ0) is 15.1. The maximum absolute atomic E-state index is 14.0. The summed E-state index contributed by atoms with van der Waals surface area (Å²) in [5.41, 5.74) is -0.679.